The number of carbonyl (C=O) groups excluding carboxylic acids is 4. The molecule has 1 aromatic rings. The van der Waals surface area contributed by atoms with Crippen LogP contribution < -0.4 is 16.0 Å². The molecule has 1 saturated heterocycles. The van der Waals surface area contributed by atoms with Crippen LogP contribution in [0.15, 0.2) is 18.2 Å². The molecule has 5 amide bonds. The highest BCUT2D eigenvalue weighted by molar-refractivity contribution is 6.09. The molecule has 1 fully saturated rings. The minimum absolute atomic E-state index is 0.313. The summed E-state index contributed by atoms with van der Waals surface area (Å²) in [7, 11) is 0. The monoisotopic (exact) mass is 368 g/mol. The van der Waals surface area contributed by atoms with E-state index in [1.54, 1.807) is 6.92 Å². The fraction of sp³-hybridized carbons (Fsp3) is 0.375. The Morgan fingerprint density at radius 2 is 1.88 bits per heavy atom. The Labute approximate surface area is 147 Å². The number of hydrogen-bond donors (Lipinski definition) is 3. The normalized spacial score (nSPS) is 19.3. The van der Waals surface area contributed by atoms with Crippen LogP contribution >= 0.6 is 0 Å². The van der Waals surface area contributed by atoms with E-state index in [9.17, 15) is 28.0 Å². The highest BCUT2D eigenvalue weighted by Gasteiger charge is 2.50. The van der Waals surface area contributed by atoms with Crippen LogP contribution in [0.3, 0.4) is 0 Å². The fourth-order valence-corrected chi connectivity index (χ4v) is 2.54. The summed E-state index contributed by atoms with van der Waals surface area (Å²) in [6.07, 6.45) is 0. The molecule has 2 rings (SSSR count). The first kappa shape index (κ1) is 19.3. The minimum atomic E-state index is -1.84. The molecule has 0 bridgehead atoms. The lowest BCUT2D eigenvalue weighted by Crippen LogP contribution is -2.45. The van der Waals surface area contributed by atoms with Crippen molar-refractivity contribution in [3.63, 3.8) is 0 Å². The molecule has 0 spiro atoms. The summed E-state index contributed by atoms with van der Waals surface area (Å²) in [5.74, 6) is -3.72. The Morgan fingerprint density at radius 1 is 1.19 bits per heavy atom. The predicted octanol–water partition coefficient (Wildman–Crippen LogP) is -0.0159. The maximum atomic E-state index is 14.0. The van der Waals surface area contributed by atoms with Crippen LogP contribution in [0, 0.1) is 11.6 Å². The standard InChI is InChI=1S/C16H18F2N4O4/c1-3-19-12(23)7-20-13(24)8-22-14(25)16(2,21-15(22)26)10-6-9(17)4-5-11(10)18/h4-6H,3,7-8H2,1-2H3,(H,19,23)(H,20,24)(H,21,26)/t16-/m1/s1. The molecular formula is C16H18F2N4O4. The van der Waals surface area contributed by atoms with Gasteiger partial charge in [0, 0.05) is 12.1 Å². The van der Waals surface area contributed by atoms with Crippen LogP contribution in [0.5, 0.6) is 0 Å². The Hall–Kier alpha value is -3.04. The number of hydrogen-bond acceptors (Lipinski definition) is 4. The third kappa shape index (κ3) is 3.79. The van der Waals surface area contributed by atoms with Gasteiger partial charge in [0.2, 0.25) is 11.8 Å². The number of nitrogens with one attached hydrogen (secondary N) is 3. The maximum absolute atomic E-state index is 14.0. The van der Waals surface area contributed by atoms with Crippen molar-refractivity contribution in [3.05, 3.63) is 35.4 Å². The van der Waals surface area contributed by atoms with Crippen molar-refractivity contribution in [1.29, 1.82) is 0 Å². The topological polar surface area (TPSA) is 108 Å². The van der Waals surface area contributed by atoms with Gasteiger partial charge >= 0.3 is 6.03 Å². The van der Waals surface area contributed by atoms with E-state index in [0.717, 1.165) is 18.2 Å². The molecule has 1 atom stereocenters. The third-order valence-electron chi connectivity index (χ3n) is 3.86. The zero-order chi connectivity index (χ0) is 19.5. The molecule has 1 aliphatic heterocycles. The quantitative estimate of drug-likeness (QED) is 0.614. The molecule has 26 heavy (non-hydrogen) atoms. The van der Waals surface area contributed by atoms with Gasteiger partial charge in [0.25, 0.3) is 5.91 Å². The fourth-order valence-electron chi connectivity index (χ4n) is 2.54. The van der Waals surface area contributed by atoms with Gasteiger partial charge in [-0.15, -0.1) is 0 Å². The summed E-state index contributed by atoms with van der Waals surface area (Å²) in [4.78, 5) is 48.4. The van der Waals surface area contributed by atoms with Gasteiger partial charge in [-0.3, -0.25) is 19.3 Å². The summed E-state index contributed by atoms with van der Waals surface area (Å²) in [5, 5.41) is 7.01. The van der Waals surface area contributed by atoms with Gasteiger partial charge in [-0.2, -0.15) is 0 Å². The van der Waals surface area contributed by atoms with Gasteiger partial charge in [-0.25, -0.2) is 13.6 Å². The Morgan fingerprint density at radius 3 is 2.54 bits per heavy atom. The second kappa shape index (κ2) is 7.46. The molecule has 8 nitrogen and oxygen atoms in total. The minimum Gasteiger partial charge on any atom is -0.355 e. The van der Waals surface area contributed by atoms with Crippen molar-refractivity contribution in [1.82, 2.24) is 20.9 Å². The van der Waals surface area contributed by atoms with E-state index in [0.29, 0.717) is 11.4 Å². The van der Waals surface area contributed by atoms with Crippen molar-refractivity contribution in [2.45, 2.75) is 19.4 Å². The van der Waals surface area contributed by atoms with Gasteiger partial charge in [0.05, 0.1) is 6.54 Å². The van der Waals surface area contributed by atoms with Crippen molar-refractivity contribution in [2.75, 3.05) is 19.6 Å². The van der Waals surface area contributed by atoms with E-state index in [1.165, 1.54) is 6.92 Å². The summed E-state index contributed by atoms with van der Waals surface area (Å²) < 4.78 is 27.5. The van der Waals surface area contributed by atoms with Crippen molar-refractivity contribution < 1.29 is 28.0 Å². The van der Waals surface area contributed by atoms with Gasteiger partial charge in [0.1, 0.15) is 23.7 Å². The van der Waals surface area contributed by atoms with E-state index in [-0.39, 0.29) is 12.1 Å². The maximum Gasteiger partial charge on any atom is 0.325 e. The van der Waals surface area contributed by atoms with E-state index in [4.69, 9.17) is 0 Å². The summed E-state index contributed by atoms with van der Waals surface area (Å²) in [6.45, 7) is 2.35. The van der Waals surface area contributed by atoms with Crippen LogP contribution in [-0.4, -0.2) is 48.3 Å². The van der Waals surface area contributed by atoms with Crippen LogP contribution in [0.1, 0.15) is 19.4 Å². The van der Waals surface area contributed by atoms with Crippen LogP contribution in [-0.2, 0) is 19.9 Å². The van der Waals surface area contributed by atoms with Crippen LogP contribution in [0.25, 0.3) is 0 Å². The number of urea groups is 1. The van der Waals surface area contributed by atoms with Crippen molar-refractivity contribution in [2.24, 2.45) is 0 Å². The Kier molecular flexibility index (Phi) is 5.53. The molecule has 10 heteroatoms. The molecule has 0 saturated carbocycles. The van der Waals surface area contributed by atoms with Gasteiger partial charge in [-0.05, 0) is 32.0 Å². The zero-order valence-electron chi connectivity index (χ0n) is 14.2. The van der Waals surface area contributed by atoms with E-state index in [2.05, 4.69) is 16.0 Å². The molecular weight excluding hydrogens is 350 g/mol. The number of imide groups is 1. The van der Waals surface area contributed by atoms with Crippen LogP contribution in [0.2, 0.25) is 0 Å². The molecule has 140 valence electrons. The molecule has 0 aromatic heterocycles. The zero-order valence-corrected chi connectivity index (χ0v) is 14.2. The Bertz CT molecular complexity index is 771. The van der Waals surface area contributed by atoms with Gasteiger partial charge < -0.3 is 16.0 Å². The first-order chi connectivity index (χ1) is 12.2. The molecule has 0 radical (unpaired) electrons. The first-order valence-electron chi connectivity index (χ1n) is 7.82. The molecule has 1 aromatic carbocycles. The number of likely N-dealkylation sites (N-methyl/N-ethyl adjacent to an activating group) is 1. The number of benzene rings is 1. The van der Waals surface area contributed by atoms with E-state index in [1.807, 2.05) is 0 Å². The summed E-state index contributed by atoms with van der Waals surface area (Å²) >= 11 is 0. The first-order valence-corrected chi connectivity index (χ1v) is 7.82. The van der Waals surface area contributed by atoms with Crippen molar-refractivity contribution >= 4 is 23.8 Å². The number of rotatable bonds is 6. The lowest BCUT2D eigenvalue weighted by atomic mass is 9.91. The average Bonchev–Trinajstić information content (AvgIpc) is 2.79. The molecule has 0 aliphatic carbocycles. The third-order valence-corrected chi connectivity index (χ3v) is 3.86. The van der Waals surface area contributed by atoms with Crippen LogP contribution in [0.4, 0.5) is 13.6 Å². The van der Waals surface area contributed by atoms with Crippen molar-refractivity contribution in [3.8, 4) is 0 Å². The Balaban J connectivity index is 2.12. The number of amides is 5. The second-order valence-electron chi connectivity index (χ2n) is 5.80. The predicted molar refractivity (Wildman–Crippen MR) is 85.6 cm³/mol. The molecule has 1 aliphatic rings. The average molecular weight is 368 g/mol. The van der Waals surface area contributed by atoms with E-state index >= 15 is 0 Å². The van der Waals surface area contributed by atoms with Gasteiger partial charge in [-0.1, -0.05) is 0 Å². The SMILES string of the molecule is CCNC(=O)CNC(=O)CN1C(=O)N[C@](C)(c2cc(F)ccc2F)C1=O. The lowest BCUT2D eigenvalue weighted by molar-refractivity contribution is -0.135. The number of nitrogens with zero attached hydrogens (tertiary/aromatic N) is 1. The summed E-state index contributed by atoms with van der Waals surface area (Å²) in [5.41, 5.74) is -2.19. The highest BCUT2D eigenvalue weighted by atomic mass is 19.1. The molecule has 3 N–H and O–H groups in total. The molecule has 0 unspecified atom stereocenters. The smallest absolute Gasteiger partial charge is 0.325 e. The number of carbonyl (C=O) groups is 4. The second-order valence-corrected chi connectivity index (χ2v) is 5.80. The number of halogens is 2. The highest BCUT2D eigenvalue weighted by Crippen LogP contribution is 2.31. The van der Waals surface area contributed by atoms with Gasteiger partial charge in [0.15, 0.2) is 0 Å². The molecule has 1 heterocycles. The largest absolute Gasteiger partial charge is 0.355 e. The lowest BCUT2D eigenvalue weighted by Gasteiger charge is -2.22. The van der Waals surface area contributed by atoms with E-state index < -0.39 is 47.5 Å². The summed E-state index contributed by atoms with van der Waals surface area (Å²) in [6, 6.07) is 1.62.